The van der Waals surface area contributed by atoms with Crippen molar-refractivity contribution in [3.8, 4) is 0 Å². The topological polar surface area (TPSA) is 0 Å². The fourth-order valence-electron chi connectivity index (χ4n) is 5.05. The monoisotopic (exact) mass is 540 g/mol. The predicted molar refractivity (Wildman–Crippen MR) is 160 cm³/mol. The van der Waals surface area contributed by atoms with Gasteiger partial charge in [0.2, 0.25) is 0 Å². The third-order valence-corrected chi connectivity index (χ3v) is 12.6. The van der Waals surface area contributed by atoms with Crippen LogP contribution in [0.5, 0.6) is 0 Å². The van der Waals surface area contributed by atoms with Gasteiger partial charge in [-0.15, -0.1) is 0 Å². The highest BCUT2D eigenvalue weighted by Gasteiger charge is 2.41. The fourth-order valence-corrected chi connectivity index (χ4v) is 9.98. The van der Waals surface area contributed by atoms with Gasteiger partial charge < -0.3 is 0 Å². The highest BCUT2D eigenvalue weighted by Crippen LogP contribution is 2.19. The average Bonchev–Trinajstić information content (AvgIpc) is 2.86. The molecule has 4 rings (SSSR count). The largest absolute Gasteiger partial charge is 0.179 e. The van der Waals surface area contributed by atoms with E-state index in [4.69, 9.17) is 0 Å². The number of rotatable bonds is 7. The summed E-state index contributed by atoms with van der Waals surface area (Å²) < 4.78 is 1.12. The van der Waals surface area contributed by atoms with E-state index < -0.39 is 8.07 Å². The summed E-state index contributed by atoms with van der Waals surface area (Å²) in [7, 11) is -2.52. The second kappa shape index (κ2) is 10.7. The van der Waals surface area contributed by atoms with Crippen molar-refractivity contribution < 1.29 is 0 Å². The molecule has 0 bridgehead atoms. The maximum atomic E-state index is 3.67. The van der Waals surface area contributed by atoms with Gasteiger partial charge in [0.05, 0.1) is 0 Å². The molecule has 0 aliphatic heterocycles. The average molecular weight is 542 g/mol. The Kier molecular flexibility index (Phi) is 7.83. The molecule has 35 heavy (non-hydrogen) atoms. The quantitative estimate of drug-likeness (QED) is 0.172. The fraction of sp³-hybridized carbons (Fsp3) is 0.273. The van der Waals surface area contributed by atoms with Crippen molar-refractivity contribution in [2.45, 2.75) is 59.3 Å². The minimum absolute atomic E-state index is 0.517. The molecule has 0 unspecified atom stereocenters. The Morgan fingerprint density at radius 2 is 0.629 bits per heavy atom. The van der Waals surface area contributed by atoms with Crippen LogP contribution in [0, 0.1) is 0 Å². The van der Waals surface area contributed by atoms with Crippen LogP contribution in [0.4, 0.5) is 0 Å². The Labute approximate surface area is 221 Å². The van der Waals surface area contributed by atoms with Crippen LogP contribution in [-0.4, -0.2) is 8.07 Å². The molecule has 180 valence electrons. The first kappa shape index (κ1) is 25.7. The summed E-state index contributed by atoms with van der Waals surface area (Å²) in [5.41, 5.74) is 4.16. The Morgan fingerprint density at radius 1 is 0.400 bits per heavy atom. The van der Waals surface area contributed by atoms with Crippen LogP contribution in [0.15, 0.2) is 102 Å². The van der Waals surface area contributed by atoms with Crippen LogP contribution in [0.25, 0.3) is 0 Å². The molecule has 0 aliphatic carbocycles. The van der Waals surface area contributed by atoms with Crippen LogP contribution < -0.4 is 20.7 Å². The van der Waals surface area contributed by atoms with Gasteiger partial charge in [0, 0.05) is 4.47 Å². The lowest BCUT2D eigenvalue weighted by atomic mass is 10.0. The lowest BCUT2D eigenvalue weighted by molar-refractivity contribution is 0.867. The third-order valence-electron chi connectivity index (χ3n) is 7.31. The predicted octanol–water partition coefficient (Wildman–Crippen LogP) is 7.20. The molecule has 0 spiro atoms. The zero-order valence-electron chi connectivity index (χ0n) is 21.8. The zero-order valence-corrected chi connectivity index (χ0v) is 24.4. The molecule has 4 aromatic rings. The summed E-state index contributed by atoms with van der Waals surface area (Å²) in [5, 5.41) is 5.70. The minimum Gasteiger partial charge on any atom is -0.0616 e. The molecule has 0 atom stereocenters. The van der Waals surface area contributed by atoms with Crippen LogP contribution in [0.3, 0.4) is 0 Å². The van der Waals surface area contributed by atoms with Crippen molar-refractivity contribution in [3.63, 3.8) is 0 Å². The maximum absolute atomic E-state index is 3.67. The second-order valence-electron chi connectivity index (χ2n) is 10.6. The highest BCUT2D eigenvalue weighted by atomic mass is 79.9. The van der Waals surface area contributed by atoms with Gasteiger partial charge in [-0.3, -0.25) is 0 Å². The molecular weight excluding hydrogens is 504 g/mol. The minimum atomic E-state index is -2.52. The van der Waals surface area contributed by atoms with E-state index in [9.17, 15) is 0 Å². The van der Waals surface area contributed by atoms with E-state index >= 15 is 0 Å². The molecule has 0 nitrogen and oxygen atoms in total. The van der Waals surface area contributed by atoms with Gasteiger partial charge in [-0.05, 0) is 67.3 Å². The van der Waals surface area contributed by atoms with E-state index in [2.05, 4.69) is 155 Å². The summed E-state index contributed by atoms with van der Waals surface area (Å²) in [6, 6.07) is 37.5. The van der Waals surface area contributed by atoms with Crippen LogP contribution in [0.1, 0.15) is 76.0 Å². The Morgan fingerprint density at radius 3 is 0.857 bits per heavy atom. The Hall–Kier alpha value is -2.42. The van der Waals surface area contributed by atoms with Gasteiger partial charge in [0.15, 0.2) is 8.07 Å². The van der Waals surface area contributed by atoms with E-state index in [1.54, 1.807) is 0 Å². The Bertz CT molecular complexity index is 1110. The van der Waals surface area contributed by atoms with Gasteiger partial charge >= 0.3 is 0 Å². The first-order valence-corrected chi connectivity index (χ1v) is 15.6. The normalized spacial score (nSPS) is 12.1. The molecule has 0 saturated heterocycles. The standard InChI is InChI=1S/C33H37BrSi/c1-23(2)26-7-15-30(16-8-26)35(33-21-13-29(34)14-22-33,31-17-9-27(10-18-31)24(3)4)32-19-11-28(12-20-32)25(5)6/h7-25H,1-6H3. The molecule has 0 heterocycles. The van der Waals surface area contributed by atoms with Crippen molar-refractivity contribution in [2.75, 3.05) is 0 Å². The Balaban J connectivity index is 2.05. The molecule has 0 N–H and O–H groups in total. The number of benzene rings is 4. The van der Waals surface area contributed by atoms with Crippen LogP contribution in [0.2, 0.25) is 0 Å². The van der Waals surface area contributed by atoms with E-state index in [0.29, 0.717) is 17.8 Å². The summed E-state index contributed by atoms with van der Waals surface area (Å²) in [6.45, 7) is 13.6. The number of halogens is 1. The lowest BCUT2D eigenvalue weighted by Gasteiger charge is -2.35. The molecule has 0 aromatic heterocycles. The zero-order chi connectivity index (χ0) is 25.2. The number of hydrogen-bond acceptors (Lipinski definition) is 0. The van der Waals surface area contributed by atoms with Crippen molar-refractivity contribution in [1.29, 1.82) is 0 Å². The van der Waals surface area contributed by atoms with Gasteiger partial charge in [-0.25, -0.2) is 0 Å². The second-order valence-corrected chi connectivity index (χ2v) is 15.3. The highest BCUT2D eigenvalue weighted by molar-refractivity contribution is 9.10. The SMILES string of the molecule is CC(C)c1ccc([Si](c2ccc(Br)cc2)(c2ccc(C(C)C)cc2)c2ccc(C(C)C)cc2)cc1. The van der Waals surface area contributed by atoms with Crippen molar-refractivity contribution in [1.82, 2.24) is 0 Å². The molecule has 0 fully saturated rings. The van der Waals surface area contributed by atoms with Crippen molar-refractivity contribution in [2.24, 2.45) is 0 Å². The molecule has 4 aromatic carbocycles. The molecular formula is C33H37BrSi. The van der Waals surface area contributed by atoms with Gasteiger partial charge in [0.1, 0.15) is 0 Å². The lowest BCUT2D eigenvalue weighted by Crippen LogP contribution is -2.74. The summed E-state index contributed by atoms with van der Waals surface area (Å²) in [6.07, 6.45) is 0. The third kappa shape index (κ3) is 5.10. The van der Waals surface area contributed by atoms with Crippen LogP contribution in [-0.2, 0) is 0 Å². The smallest absolute Gasteiger partial charge is 0.0616 e. The van der Waals surface area contributed by atoms with Crippen LogP contribution >= 0.6 is 15.9 Å². The van der Waals surface area contributed by atoms with E-state index in [1.807, 2.05) is 0 Å². The summed E-state index contributed by atoms with van der Waals surface area (Å²) in [4.78, 5) is 0. The molecule has 0 aliphatic rings. The molecule has 2 heteroatoms. The van der Waals surface area contributed by atoms with E-state index in [1.165, 1.54) is 37.4 Å². The van der Waals surface area contributed by atoms with Crippen molar-refractivity contribution in [3.05, 3.63) is 118 Å². The van der Waals surface area contributed by atoms with Gasteiger partial charge in [-0.1, -0.05) is 142 Å². The summed E-state index contributed by atoms with van der Waals surface area (Å²) >= 11 is 3.67. The molecule has 0 saturated carbocycles. The van der Waals surface area contributed by atoms with Crippen molar-refractivity contribution >= 4 is 44.8 Å². The van der Waals surface area contributed by atoms with E-state index in [0.717, 1.165) is 4.47 Å². The summed E-state index contributed by atoms with van der Waals surface area (Å²) in [5.74, 6) is 1.55. The first-order chi connectivity index (χ1) is 16.7. The number of hydrogen-bond donors (Lipinski definition) is 0. The molecule has 0 amide bonds. The van der Waals surface area contributed by atoms with Gasteiger partial charge in [-0.2, -0.15) is 0 Å². The van der Waals surface area contributed by atoms with Gasteiger partial charge in [0.25, 0.3) is 0 Å². The first-order valence-electron chi connectivity index (χ1n) is 12.8. The molecule has 0 radical (unpaired) electrons. The maximum Gasteiger partial charge on any atom is 0.179 e. The van der Waals surface area contributed by atoms with E-state index in [-0.39, 0.29) is 0 Å².